The Morgan fingerprint density at radius 3 is 2.70 bits per heavy atom. The molecule has 2 aromatic carbocycles. The molecule has 0 saturated carbocycles. The lowest BCUT2D eigenvalue weighted by molar-refractivity contribution is 0.725. The summed E-state index contributed by atoms with van der Waals surface area (Å²) in [6, 6.07) is 22.6. The van der Waals surface area contributed by atoms with Gasteiger partial charge in [-0.15, -0.1) is 0 Å². The van der Waals surface area contributed by atoms with E-state index in [1.165, 1.54) is 23.7 Å². The van der Waals surface area contributed by atoms with Crippen molar-refractivity contribution in [3.05, 3.63) is 59.7 Å². The molecular weight excluding hydrogens is 272 g/mol. The molecule has 3 rings (SSSR count). The van der Waals surface area contributed by atoms with Gasteiger partial charge in [-0.25, -0.2) is 0 Å². The summed E-state index contributed by atoms with van der Waals surface area (Å²) in [6.07, 6.45) is 0. The molecule has 3 radical (unpaired) electrons. The molecule has 0 saturated heterocycles. The first-order valence-electron chi connectivity index (χ1n) is 7.47. The van der Waals surface area contributed by atoms with Gasteiger partial charge in [0, 0.05) is 0 Å². The van der Waals surface area contributed by atoms with Crippen molar-refractivity contribution in [2.24, 2.45) is 5.92 Å². The molecule has 0 nitrogen and oxygen atoms in total. The summed E-state index contributed by atoms with van der Waals surface area (Å²) in [5, 5.41) is 3.18. The molecule has 1 aliphatic rings. The zero-order valence-corrected chi connectivity index (χ0v) is 14.3. The second-order valence-corrected chi connectivity index (χ2v) is 9.96. The monoisotopic (exact) mass is 293 g/mol. The lowest BCUT2D eigenvalue weighted by Gasteiger charge is -2.20. The third-order valence-electron chi connectivity index (χ3n) is 3.83. The Bertz CT molecular complexity index is 589. The minimum absolute atomic E-state index is 0.474. The molecule has 0 amide bonds. The van der Waals surface area contributed by atoms with Gasteiger partial charge in [0.2, 0.25) is 0 Å². The van der Waals surface area contributed by atoms with Crippen molar-refractivity contribution in [3.63, 3.8) is 0 Å². The molecular formula is C18H21Si2. The van der Waals surface area contributed by atoms with Crippen LogP contribution in [0.2, 0.25) is 6.04 Å². The Balaban J connectivity index is 1.99. The third kappa shape index (κ3) is 3.30. The predicted octanol–water partition coefficient (Wildman–Crippen LogP) is 2.67. The van der Waals surface area contributed by atoms with Crippen molar-refractivity contribution in [2.75, 3.05) is 0 Å². The van der Waals surface area contributed by atoms with E-state index in [0.29, 0.717) is 0 Å². The van der Waals surface area contributed by atoms with Crippen LogP contribution in [-0.4, -0.2) is 18.3 Å². The van der Waals surface area contributed by atoms with Crippen LogP contribution in [0, 0.1) is 5.92 Å². The van der Waals surface area contributed by atoms with Gasteiger partial charge < -0.3 is 0 Å². The number of hydrogen-bond acceptors (Lipinski definition) is 0. The topological polar surface area (TPSA) is 0 Å². The second kappa shape index (κ2) is 6.10. The van der Waals surface area contributed by atoms with Gasteiger partial charge in [-0.05, 0) is 18.0 Å². The van der Waals surface area contributed by atoms with E-state index < -0.39 is 8.80 Å². The molecule has 20 heavy (non-hydrogen) atoms. The van der Waals surface area contributed by atoms with Gasteiger partial charge >= 0.3 is 0 Å². The molecule has 0 spiro atoms. The van der Waals surface area contributed by atoms with E-state index in [2.05, 4.69) is 62.4 Å². The zero-order valence-electron chi connectivity index (χ0n) is 12.3. The highest BCUT2D eigenvalue weighted by atomic mass is 28.3. The minimum Gasteiger partial charge on any atom is -0.0645 e. The van der Waals surface area contributed by atoms with Crippen LogP contribution < -0.4 is 10.4 Å². The Kier molecular flexibility index (Phi) is 4.22. The maximum absolute atomic E-state index is 2.50. The first-order valence-corrected chi connectivity index (χ1v) is 10.6. The standard InChI is InChI=1S/C18H21Si2/c1-14(2)12-20-13-16-6-3-5-15(9-16)11-19-17-7-4-8-18(20)10-17/h3-10,14H,11-13H2,1-2H3. The summed E-state index contributed by atoms with van der Waals surface area (Å²) in [7, 11) is 0.436. The second-order valence-electron chi connectivity index (χ2n) is 6.13. The molecule has 0 unspecified atom stereocenters. The number of benzene rings is 2. The SMILES string of the molecule is CC(C)C[Si]1Cc2cccc(c2)C[Si]c2cccc1c2. The average molecular weight is 294 g/mol. The largest absolute Gasteiger partial charge is 0.0904 e. The fraction of sp³-hybridized carbons (Fsp3) is 0.333. The van der Waals surface area contributed by atoms with Gasteiger partial charge in [0.15, 0.2) is 0 Å². The zero-order chi connectivity index (χ0) is 13.9. The minimum atomic E-state index is -0.474. The number of fused-ring (bicyclic) bond motifs is 4. The third-order valence-corrected chi connectivity index (χ3v) is 8.41. The molecule has 2 aromatic rings. The van der Waals surface area contributed by atoms with Crippen molar-refractivity contribution in [1.29, 1.82) is 0 Å². The Morgan fingerprint density at radius 2 is 1.85 bits per heavy atom. The van der Waals surface area contributed by atoms with Crippen LogP contribution in [0.4, 0.5) is 0 Å². The smallest absolute Gasteiger partial charge is 0.0645 e. The van der Waals surface area contributed by atoms with Gasteiger partial charge in [-0.3, -0.25) is 0 Å². The number of rotatable bonds is 2. The van der Waals surface area contributed by atoms with Crippen molar-refractivity contribution in [2.45, 2.75) is 32.0 Å². The Labute approximate surface area is 126 Å². The fourth-order valence-electron chi connectivity index (χ4n) is 2.93. The molecule has 1 aliphatic heterocycles. The highest BCUT2D eigenvalue weighted by Gasteiger charge is 2.18. The van der Waals surface area contributed by atoms with Crippen LogP contribution in [0.5, 0.6) is 0 Å². The lowest BCUT2D eigenvalue weighted by Crippen LogP contribution is -2.37. The fourth-order valence-corrected chi connectivity index (χ4v) is 7.15. The van der Waals surface area contributed by atoms with Crippen LogP contribution in [0.15, 0.2) is 48.5 Å². The van der Waals surface area contributed by atoms with E-state index >= 15 is 0 Å². The molecule has 101 valence electrons. The van der Waals surface area contributed by atoms with E-state index in [1.807, 2.05) is 0 Å². The average Bonchev–Trinajstić information content (AvgIpc) is 2.44. The van der Waals surface area contributed by atoms with Gasteiger partial charge in [0.25, 0.3) is 0 Å². The van der Waals surface area contributed by atoms with Crippen molar-refractivity contribution in [1.82, 2.24) is 0 Å². The lowest BCUT2D eigenvalue weighted by atomic mass is 10.2. The van der Waals surface area contributed by atoms with Crippen molar-refractivity contribution < 1.29 is 0 Å². The molecule has 0 atom stereocenters. The number of hydrogen-bond donors (Lipinski definition) is 0. The van der Waals surface area contributed by atoms with Gasteiger partial charge in [-0.1, -0.05) is 89.9 Å². The molecule has 2 heteroatoms. The quantitative estimate of drug-likeness (QED) is 0.747. The normalized spacial score (nSPS) is 15.3. The van der Waals surface area contributed by atoms with Crippen LogP contribution in [0.25, 0.3) is 0 Å². The van der Waals surface area contributed by atoms with Crippen molar-refractivity contribution in [3.8, 4) is 0 Å². The summed E-state index contributed by atoms with van der Waals surface area (Å²) < 4.78 is 0. The van der Waals surface area contributed by atoms with Crippen LogP contribution in [0.3, 0.4) is 0 Å². The van der Waals surface area contributed by atoms with E-state index in [9.17, 15) is 0 Å². The first-order chi connectivity index (χ1) is 9.70. The molecule has 0 aliphatic carbocycles. The maximum Gasteiger partial charge on any atom is 0.0904 e. The van der Waals surface area contributed by atoms with E-state index in [-0.39, 0.29) is 0 Å². The van der Waals surface area contributed by atoms with E-state index in [0.717, 1.165) is 15.4 Å². The highest BCUT2D eigenvalue weighted by Crippen LogP contribution is 2.14. The van der Waals surface area contributed by atoms with Gasteiger partial charge in [-0.2, -0.15) is 0 Å². The molecule has 4 bridgehead atoms. The van der Waals surface area contributed by atoms with E-state index in [1.54, 1.807) is 15.9 Å². The van der Waals surface area contributed by atoms with Gasteiger partial charge in [0.05, 0.1) is 18.3 Å². The Morgan fingerprint density at radius 1 is 1.05 bits per heavy atom. The van der Waals surface area contributed by atoms with Crippen LogP contribution in [-0.2, 0) is 12.1 Å². The summed E-state index contributed by atoms with van der Waals surface area (Å²) >= 11 is 0. The van der Waals surface area contributed by atoms with Crippen molar-refractivity contribution >= 4 is 28.7 Å². The summed E-state index contributed by atoms with van der Waals surface area (Å²) in [4.78, 5) is 0. The molecule has 1 heterocycles. The predicted molar refractivity (Wildman–Crippen MR) is 90.7 cm³/mol. The molecule has 0 aromatic heterocycles. The van der Waals surface area contributed by atoms with Gasteiger partial charge in [0.1, 0.15) is 0 Å². The van der Waals surface area contributed by atoms with Crippen LogP contribution >= 0.6 is 0 Å². The molecule has 0 fully saturated rings. The molecule has 0 N–H and O–H groups in total. The van der Waals surface area contributed by atoms with E-state index in [4.69, 9.17) is 0 Å². The summed E-state index contributed by atoms with van der Waals surface area (Å²) in [5.41, 5.74) is 3.06. The maximum atomic E-state index is 2.50. The Hall–Kier alpha value is -1.13. The first kappa shape index (κ1) is 13.8. The summed E-state index contributed by atoms with van der Waals surface area (Å²) in [6.45, 7) is 4.72. The van der Waals surface area contributed by atoms with Crippen LogP contribution in [0.1, 0.15) is 25.0 Å². The highest BCUT2D eigenvalue weighted by molar-refractivity contribution is 6.73. The summed E-state index contributed by atoms with van der Waals surface area (Å²) in [5.74, 6) is 0.793.